The summed E-state index contributed by atoms with van der Waals surface area (Å²) in [5.74, 6) is 0.580. The Labute approximate surface area is 151 Å². The number of nitrogens with two attached hydrogens (primary N) is 1. The third kappa shape index (κ3) is 6.34. The molecule has 130 valence electrons. The maximum Gasteiger partial charge on any atom is 0.220 e. The molecule has 2 rings (SSSR count). The predicted molar refractivity (Wildman–Crippen MR) is 102 cm³/mol. The molecule has 3 nitrogen and oxygen atoms in total. The lowest BCUT2D eigenvalue weighted by molar-refractivity contribution is -0.121. The molecule has 0 heterocycles. The van der Waals surface area contributed by atoms with Gasteiger partial charge in [-0.3, -0.25) is 4.79 Å². The molecule has 24 heavy (non-hydrogen) atoms. The van der Waals surface area contributed by atoms with Crippen LogP contribution in [-0.2, 0) is 11.2 Å². The highest BCUT2D eigenvalue weighted by molar-refractivity contribution is 5.85. The molecule has 0 aliphatic heterocycles. The smallest absolute Gasteiger partial charge is 0.220 e. The van der Waals surface area contributed by atoms with Gasteiger partial charge in [-0.2, -0.15) is 0 Å². The minimum absolute atomic E-state index is 0. The minimum atomic E-state index is -0.162. The van der Waals surface area contributed by atoms with Crippen molar-refractivity contribution in [3.05, 3.63) is 71.3 Å². The highest BCUT2D eigenvalue weighted by atomic mass is 35.5. The van der Waals surface area contributed by atoms with Crippen LogP contribution in [0.5, 0.6) is 0 Å². The van der Waals surface area contributed by atoms with Crippen LogP contribution in [0, 0.1) is 0 Å². The quantitative estimate of drug-likeness (QED) is 0.796. The van der Waals surface area contributed by atoms with Crippen molar-refractivity contribution in [2.75, 3.05) is 6.54 Å². The van der Waals surface area contributed by atoms with Gasteiger partial charge in [-0.15, -0.1) is 12.4 Å². The van der Waals surface area contributed by atoms with Gasteiger partial charge in [0.1, 0.15) is 0 Å². The predicted octanol–water partition coefficient (Wildman–Crippen LogP) is 3.98. The van der Waals surface area contributed by atoms with Crippen molar-refractivity contribution in [2.24, 2.45) is 5.73 Å². The molecule has 0 saturated heterocycles. The standard InChI is InChI=1S/C20H26N2O.ClH/c1-15(2)17-11-8-16(9-12-17)10-13-20(23)22-14-19(21)18-6-4-3-5-7-18;/h3-9,11-12,15,19H,10,13-14,21H2,1-2H3,(H,22,23);1H. The zero-order chi connectivity index (χ0) is 16.7. The molecule has 0 fully saturated rings. The van der Waals surface area contributed by atoms with Crippen molar-refractivity contribution in [3.63, 3.8) is 0 Å². The van der Waals surface area contributed by atoms with E-state index in [4.69, 9.17) is 5.73 Å². The molecule has 1 atom stereocenters. The van der Waals surface area contributed by atoms with Crippen molar-refractivity contribution < 1.29 is 4.79 Å². The monoisotopic (exact) mass is 346 g/mol. The second-order valence-corrected chi connectivity index (χ2v) is 6.22. The molecule has 0 aliphatic carbocycles. The molecule has 0 aliphatic rings. The molecule has 1 amide bonds. The van der Waals surface area contributed by atoms with Crippen molar-refractivity contribution in [2.45, 2.75) is 38.6 Å². The topological polar surface area (TPSA) is 55.1 Å². The molecule has 2 aromatic carbocycles. The Balaban J connectivity index is 0.00000288. The van der Waals surface area contributed by atoms with E-state index in [1.165, 1.54) is 11.1 Å². The van der Waals surface area contributed by atoms with Gasteiger partial charge >= 0.3 is 0 Å². The van der Waals surface area contributed by atoms with Crippen LogP contribution < -0.4 is 11.1 Å². The SMILES string of the molecule is CC(C)c1ccc(CCC(=O)NCC(N)c2ccccc2)cc1.Cl. The summed E-state index contributed by atoms with van der Waals surface area (Å²) in [6, 6.07) is 18.2. The highest BCUT2D eigenvalue weighted by Crippen LogP contribution is 2.15. The van der Waals surface area contributed by atoms with Gasteiger partial charge in [-0.05, 0) is 29.0 Å². The van der Waals surface area contributed by atoms with Gasteiger partial charge in [0, 0.05) is 19.0 Å². The highest BCUT2D eigenvalue weighted by Gasteiger charge is 2.08. The van der Waals surface area contributed by atoms with E-state index >= 15 is 0 Å². The maximum atomic E-state index is 12.0. The summed E-state index contributed by atoms with van der Waals surface area (Å²) in [6.07, 6.45) is 1.24. The average molecular weight is 347 g/mol. The normalized spacial score (nSPS) is 11.7. The van der Waals surface area contributed by atoms with Gasteiger partial charge in [0.05, 0.1) is 0 Å². The van der Waals surface area contributed by atoms with E-state index in [-0.39, 0.29) is 24.4 Å². The molecule has 0 aromatic heterocycles. The first kappa shape index (κ1) is 20.2. The van der Waals surface area contributed by atoms with Gasteiger partial charge in [0.15, 0.2) is 0 Å². The van der Waals surface area contributed by atoms with E-state index in [1.807, 2.05) is 30.3 Å². The first-order valence-corrected chi connectivity index (χ1v) is 8.22. The molecular formula is C20H27ClN2O. The first-order chi connectivity index (χ1) is 11.1. The molecule has 1 unspecified atom stereocenters. The number of halogens is 1. The molecule has 2 aromatic rings. The van der Waals surface area contributed by atoms with Crippen molar-refractivity contribution in [3.8, 4) is 0 Å². The summed E-state index contributed by atoms with van der Waals surface area (Å²) in [4.78, 5) is 12.0. The number of aryl methyl sites for hydroxylation is 1. The van der Waals surface area contributed by atoms with Crippen molar-refractivity contribution in [1.82, 2.24) is 5.32 Å². The summed E-state index contributed by atoms with van der Waals surface area (Å²) in [6.45, 7) is 4.83. The molecule has 0 radical (unpaired) electrons. The van der Waals surface area contributed by atoms with Gasteiger partial charge in [0.2, 0.25) is 5.91 Å². The summed E-state index contributed by atoms with van der Waals surface area (Å²) in [5, 5.41) is 2.92. The van der Waals surface area contributed by atoms with E-state index in [2.05, 4.69) is 43.4 Å². The van der Waals surface area contributed by atoms with E-state index in [9.17, 15) is 4.79 Å². The van der Waals surface area contributed by atoms with E-state index in [1.54, 1.807) is 0 Å². The third-order valence-corrected chi connectivity index (χ3v) is 4.03. The summed E-state index contributed by atoms with van der Waals surface area (Å²) in [7, 11) is 0. The molecular weight excluding hydrogens is 320 g/mol. The zero-order valence-corrected chi connectivity index (χ0v) is 15.2. The molecule has 0 saturated carbocycles. The van der Waals surface area contributed by atoms with Crippen molar-refractivity contribution >= 4 is 18.3 Å². The lowest BCUT2D eigenvalue weighted by atomic mass is 10.0. The Morgan fingerprint density at radius 3 is 2.21 bits per heavy atom. The average Bonchev–Trinajstić information content (AvgIpc) is 2.59. The Kier molecular flexibility index (Phi) is 8.51. The van der Waals surface area contributed by atoms with Crippen LogP contribution in [0.1, 0.15) is 48.9 Å². The third-order valence-electron chi connectivity index (χ3n) is 4.03. The van der Waals surface area contributed by atoms with E-state index in [0.717, 1.165) is 12.0 Å². The second-order valence-electron chi connectivity index (χ2n) is 6.22. The van der Waals surface area contributed by atoms with Gasteiger partial charge in [-0.25, -0.2) is 0 Å². The fourth-order valence-corrected chi connectivity index (χ4v) is 2.46. The number of hydrogen-bond acceptors (Lipinski definition) is 2. The number of carbonyl (C=O) groups is 1. The Morgan fingerprint density at radius 2 is 1.62 bits per heavy atom. The molecule has 0 bridgehead atoms. The van der Waals surface area contributed by atoms with E-state index < -0.39 is 0 Å². The summed E-state index contributed by atoms with van der Waals surface area (Å²) >= 11 is 0. The number of hydrogen-bond donors (Lipinski definition) is 2. The van der Waals surface area contributed by atoms with Crippen molar-refractivity contribution in [1.29, 1.82) is 0 Å². The lowest BCUT2D eigenvalue weighted by Gasteiger charge is -2.13. The van der Waals surface area contributed by atoms with Crippen LogP contribution in [0.2, 0.25) is 0 Å². The number of rotatable bonds is 7. The Hall–Kier alpha value is -1.84. The fraction of sp³-hybridized carbons (Fsp3) is 0.350. The van der Waals surface area contributed by atoms with Gasteiger partial charge in [-0.1, -0.05) is 68.4 Å². The van der Waals surface area contributed by atoms with Crippen LogP contribution in [0.3, 0.4) is 0 Å². The van der Waals surface area contributed by atoms with Crippen LogP contribution in [0.25, 0.3) is 0 Å². The maximum absolute atomic E-state index is 12.0. The van der Waals surface area contributed by atoms with Gasteiger partial charge < -0.3 is 11.1 Å². The molecule has 3 N–H and O–H groups in total. The second kappa shape index (κ2) is 10.1. The fourth-order valence-electron chi connectivity index (χ4n) is 2.46. The number of benzene rings is 2. The summed E-state index contributed by atoms with van der Waals surface area (Å²) < 4.78 is 0. The molecule has 0 spiro atoms. The number of amides is 1. The van der Waals surface area contributed by atoms with E-state index in [0.29, 0.717) is 18.9 Å². The Morgan fingerprint density at radius 1 is 1.00 bits per heavy atom. The van der Waals surface area contributed by atoms with Crippen LogP contribution >= 0.6 is 12.4 Å². The van der Waals surface area contributed by atoms with Crippen LogP contribution in [0.15, 0.2) is 54.6 Å². The van der Waals surface area contributed by atoms with Gasteiger partial charge in [0.25, 0.3) is 0 Å². The van der Waals surface area contributed by atoms with Crippen LogP contribution in [-0.4, -0.2) is 12.5 Å². The zero-order valence-electron chi connectivity index (χ0n) is 14.4. The lowest BCUT2D eigenvalue weighted by Crippen LogP contribution is -2.32. The minimum Gasteiger partial charge on any atom is -0.354 e. The summed E-state index contributed by atoms with van der Waals surface area (Å²) in [5.41, 5.74) is 9.64. The first-order valence-electron chi connectivity index (χ1n) is 8.22. The largest absolute Gasteiger partial charge is 0.354 e. The Bertz CT molecular complexity index is 611. The number of nitrogens with one attached hydrogen (secondary N) is 1. The molecule has 4 heteroatoms. The van der Waals surface area contributed by atoms with Crippen LogP contribution in [0.4, 0.5) is 0 Å². The number of carbonyl (C=O) groups excluding carboxylic acids is 1.